The molecule has 0 saturated carbocycles. The second-order valence-corrected chi connectivity index (χ2v) is 2.55. The van der Waals surface area contributed by atoms with Crippen molar-refractivity contribution in [2.24, 2.45) is 0 Å². The normalized spacial score (nSPS) is 12.1. The number of carboxylic acid groups (broad SMARTS) is 2. The molecule has 2 unspecified atom stereocenters. The maximum atomic E-state index is 9.63. The molecule has 0 amide bonds. The number of aliphatic hydroxyl groups excluding tert-OH is 5. The van der Waals surface area contributed by atoms with Gasteiger partial charge < -0.3 is 45.3 Å². The summed E-state index contributed by atoms with van der Waals surface area (Å²) in [6.07, 6.45) is -5.83. The zero-order chi connectivity index (χ0) is 13.3. The molecule has 0 heterocycles. The van der Waals surface area contributed by atoms with Gasteiger partial charge in [0.15, 0.2) is 0 Å². The third-order valence-corrected chi connectivity index (χ3v) is 1.20. The minimum Gasteiger partial charge on any atom is -0.547 e. The van der Waals surface area contributed by atoms with Crippen LogP contribution in [0.5, 0.6) is 0 Å². The maximum absolute atomic E-state index is 9.63. The summed E-state index contributed by atoms with van der Waals surface area (Å²) in [5, 5.41) is 59.7. The van der Waals surface area contributed by atoms with Crippen molar-refractivity contribution in [2.45, 2.75) is 18.3 Å². The average molecular weight is 318 g/mol. The van der Waals surface area contributed by atoms with Crippen LogP contribution in [0.25, 0.3) is 0 Å². The van der Waals surface area contributed by atoms with Gasteiger partial charge in [-0.2, -0.15) is 0 Å². The van der Waals surface area contributed by atoms with E-state index in [0.717, 1.165) is 0 Å². The Morgan fingerprint density at radius 3 is 1.11 bits per heavy atom. The van der Waals surface area contributed by atoms with Crippen LogP contribution in [-0.2, 0) is 9.59 Å². The molecule has 0 aliphatic heterocycles. The smallest absolute Gasteiger partial charge is 0.547 e. The van der Waals surface area contributed by atoms with Crippen LogP contribution in [0.4, 0.5) is 0 Å². The van der Waals surface area contributed by atoms with Gasteiger partial charge in [-0.25, -0.2) is 0 Å². The molecule has 96 valence electrons. The molecular formula is C7H12K2O9. The first-order valence-corrected chi connectivity index (χ1v) is 3.95. The fourth-order valence-corrected chi connectivity index (χ4v) is 0.316. The van der Waals surface area contributed by atoms with Crippen molar-refractivity contribution in [3.05, 3.63) is 0 Å². The van der Waals surface area contributed by atoms with E-state index in [1.807, 2.05) is 0 Å². The van der Waals surface area contributed by atoms with Crippen LogP contribution < -0.4 is 113 Å². The van der Waals surface area contributed by atoms with Gasteiger partial charge >= 0.3 is 103 Å². The Kier molecular flexibility index (Phi) is 26.7. The molecule has 5 N–H and O–H groups in total. The van der Waals surface area contributed by atoms with E-state index in [2.05, 4.69) is 0 Å². The number of aliphatic carboxylic acids is 2. The van der Waals surface area contributed by atoms with E-state index in [1.165, 1.54) is 0 Å². The van der Waals surface area contributed by atoms with Crippen molar-refractivity contribution < 1.29 is 148 Å². The van der Waals surface area contributed by atoms with Crippen molar-refractivity contribution in [1.82, 2.24) is 0 Å². The number of carboxylic acids is 2. The zero-order valence-electron chi connectivity index (χ0n) is 10.0. The maximum Gasteiger partial charge on any atom is 1.00 e. The van der Waals surface area contributed by atoms with E-state index in [-0.39, 0.29) is 116 Å². The van der Waals surface area contributed by atoms with Gasteiger partial charge in [0.05, 0.1) is 25.2 Å². The number of carbonyl (C=O) groups is 2. The minimum absolute atomic E-state index is 0. The fraction of sp³-hybridized carbons (Fsp3) is 0.714. The molecule has 0 aliphatic rings. The second kappa shape index (κ2) is 17.1. The molecule has 0 rings (SSSR count). The molecule has 0 spiro atoms. The first-order chi connectivity index (χ1) is 7.27. The van der Waals surface area contributed by atoms with Crippen LogP contribution >= 0.6 is 0 Å². The average Bonchev–Trinajstić information content (AvgIpc) is 2.26. The summed E-state index contributed by atoms with van der Waals surface area (Å²) in [6, 6.07) is 0. The van der Waals surface area contributed by atoms with Crippen LogP contribution in [0.2, 0.25) is 0 Å². The molecule has 0 aromatic rings. The molecule has 2 atom stereocenters. The van der Waals surface area contributed by atoms with E-state index in [9.17, 15) is 19.8 Å². The predicted molar refractivity (Wildman–Crippen MR) is 42.2 cm³/mol. The van der Waals surface area contributed by atoms with Crippen LogP contribution in [0, 0.1) is 0 Å². The Hall–Kier alpha value is 2.01. The molecule has 0 aliphatic carbocycles. The van der Waals surface area contributed by atoms with Crippen LogP contribution in [0.1, 0.15) is 0 Å². The Morgan fingerprint density at radius 1 is 0.833 bits per heavy atom. The van der Waals surface area contributed by atoms with Gasteiger partial charge in [0.25, 0.3) is 0 Å². The summed E-state index contributed by atoms with van der Waals surface area (Å²) in [5.41, 5.74) is 0. The molecule has 9 nitrogen and oxygen atoms in total. The molecule has 0 bridgehead atoms. The summed E-state index contributed by atoms with van der Waals surface area (Å²) in [4.78, 5) is 19.3. The fourth-order valence-electron chi connectivity index (χ4n) is 0.316. The molecule has 0 fully saturated rings. The van der Waals surface area contributed by atoms with E-state index >= 15 is 0 Å². The van der Waals surface area contributed by atoms with E-state index in [4.69, 9.17) is 25.5 Å². The van der Waals surface area contributed by atoms with Gasteiger partial charge in [-0.15, -0.1) is 0 Å². The number of carbonyl (C=O) groups excluding carboxylic acids is 2. The van der Waals surface area contributed by atoms with Crippen LogP contribution in [0.15, 0.2) is 0 Å². The minimum atomic E-state index is -2.44. The summed E-state index contributed by atoms with van der Waals surface area (Å²) >= 11 is 0. The molecule has 11 heteroatoms. The number of rotatable bonds is 5. The SMILES string of the molecule is O=C([O-])C(O)C(O)C(=O)[O-].OCC(O)CO.[K+].[K+]. The quantitative estimate of drug-likeness (QED) is 0.307. The van der Waals surface area contributed by atoms with Gasteiger partial charge in [-0.1, -0.05) is 0 Å². The van der Waals surface area contributed by atoms with Gasteiger partial charge in [0.1, 0.15) is 18.3 Å². The Morgan fingerprint density at radius 2 is 1.06 bits per heavy atom. The van der Waals surface area contributed by atoms with E-state index in [0.29, 0.717) is 0 Å². The third-order valence-electron chi connectivity index (χ3n) is 1.20. The second-order valence-electron chi connectivity index (χ2n) is 2.55. The summed E-state index contributed by atoms with van der Waals surface area (Å²) in [5.74, 6) is -4.12. The largest absolute Gasteiger partial charge is 1.00 e. The molecular weight excluding hydrogens is 306 g/mol. The first kappa shape index (κ1) is 28.2. The summed E-state index contributed by atoms with van der Waals surface area (Å²) < 4.78 is 0. The topological polar surface area (TPSA) is 181 Å². The molecule has 0 radical (unpaired) electrons. The summed E-state index contributed by atoms with van der Waals surface area (Å²) in [6.45, 7) is -0.729. The van der Waals surface area contributed by atoms with E-state index in [1.54, 1.807) is 0 Å². The van der Waals surface area contributed by atoms with E-state index < -0.39 is 30.3 Å². The Bertz CT molecular complexity index is 203. The Balaban J connectivity index is -0.000000108. The Labute approximate surface area is 188 Å². The van der Waals surface area contributed by atoms with Crippen molar-refractivity contribution in [3.63, 3.8) is 0 Å². The molecule has 0 aromatic carbocycles. The predicted octanol–water partition coefficient (Wildman–Crippen LogP) is -12.5. The molecule has 0 aromatic heterocycles. The standard InChI is InChI=1S/C4H6O6.C3H8O3.2K/c5-1(3(7)8)2(6)4(9)10;4-1-3(6)2-5;;/h1-2,5-6H,(H,7,8)(H,9,10);3-6H,1-2H2;;/q;;2*+1/p-2. The van der Waals surface area contributed by atoms with Gasteiger partial charge in [0, 0.05) is 0 Å². The summed E-state index contributed by atoms with van der Waals surface area (Å²) in [7, 11) is 0. The first-order valence-electron chi connectivity index (χ1n) is 3.95. The van der Waals surface area contributed by atoms with Crippen LogP contribution in [-0.4, -0.2) is 69.0 Å². The third kappa shape index (κ3) is 16.1. The van der Waals surface area contributed by atoms with Gasteiger partial charge in [-0.05, 0) is 0 Å². The number of hydrogen-bond donors (Lipinski definition) is 5. The van der Waals surface area contributed by atoms with Crippen LogP contribution in [0.3, 0.4) is 0 Å². The number of aliphatic hydroxyl groups is 5. The van der Waals surface area contributed by atoms with Crippen molar-refractivity contribution in [3.8, 4) is 0 Å². The molecule has 18 heavy (non-hydrogen) atoms. The molecule has 0 saturated heterocycles. The van der Waals surface area contributed by atoms with Crippen molar-refractivity contribution in [2.75, 3.05) is 13.2 Å². The van der Waals surface area contributed by atoms with Crippen molar-refractivity contribution in [1.29, 1.82) is 0 Å². The van der Waals surface area contributed by atoms with Gasteiger partial charge in [0.2, 0.25) is 0 Å². The zero-order valence-corrected chi connectivity index (χ0v) is 16.3. The number of hydrogen-bond acceptors (Lipinski definition) is 9. The monoisotopic (exact) mass is 318 g/mol. The van der Waals surface area contributed by atoms with Gasteiger partial charge in [-0.3, -0.25) is 0 Å². The van der Waals surface area contributed by atoms with Crippen molar-refractivity contribution >= 4 is 11.9 Å².